The molecule has 2 fully saturated rings. The number of piperazine rings is 1. The standard InChI is InChI=1S/C21H27N5O3/c1-17-15-19(22-26(17)18-5-3-2-4-6-18)21(28)25-9-7-24(8-10-25)20(27)16-23-11-13-29-14-12-23/h2-6,15H,7-14,16H2,1H3. The third-order valence-corrected chi connectivity index (χ3v) is 5.49. The highest BCUT2D eigenvalue weighted by molar-refractivity contribution is 5.92. The number of morpholine rings is 1. The highest BCUT2D eigenvalue weighted by Gasteiger charge is 2.27. The zero-order chi connectivity index (χ0) is 20.2. The highest BCUT2D eigenvalue weighted by atomic mass is 16.5. The molecule has 0 aliphatic carbocycles. The maximum atomic E-state index is 12.9. The van der Waals surface area contributed by atoms with Gasteiger partial charge in [0.2, 0.25) is 5.91 Å². The van der Waals surface area contributed by atoms with E-state index in [1.54, 1.807) is 9.58 Å². The number of aryl methyl sites for hydroxylation is 1. The van der Waals surface area contributed by atoms with Crippen molar-refractivity contribution in [3.05, 3.63) is 47.8 Å². The monoisotopic (exact) mass is 397 g/mol. The summed E-state index contributed by atoms with van der Waals surface area (Å²) in [4.78, 5) is 31.2. The fourth-order valence-corrected chi connectivity index (χ4v) is 3.78. The number of nitrogens with zero attached hydrogens (tertiary/aromatic N) is 5. The lowest BCUT2D eigenvalue weighted by Crippen LogP contribution is -2.53. The van der Waals surface area contributed by atoms with Gasteiger partial charge in [-0.3, -0.25) is 14.5 Å². The zero-order valence-corrected chi connectivity index (χ0v) is 16.8. The summed E-state index contributed by atoms with van der Waals surface area (Å²) in [6.07, 6.45) is 0. The lowest BCUT2D eigenvalue weighted by molar-refractivity contribution is -0.134. The van der Waals surface area contributed by atoms with Gasteiger partial charge in [-0.15, -0.1) is 0 Å². The van der Waals surface area contributed by atoms with E-state index in [1.165, 1.54) is 0 Å². The summed E-state index contributed by atoms with van der Waals surface area (Å²) in [5, 5.41) is 4.51. The minimum Gasteiger partial charge on any atom is -0.379 e. The molecular weight excluding hydrogens is 370 g/mol. The third kappa shape index (κ3) is 4.49. The first-order chi connectivity index (χ1) is 14.1. The van der Waals surface area contributed by atoms with Crippen molar-refractivity contribution in [2.75, 3.05) is 59.0 Å². The van der Waals surface area contributed by atoms with Crippen LogP contribution in [0.2, 0.25) is 0 Å². The number of benzene rings is 1. The molecule has 0 saturated carbocycles. The maximum absolute atomic E-state index is 12.9. The van der Waals surface area contributed by atoms with Crippen LogP contribution in [0.4, 0.5) is 0 Å². The molecule has 0 N–H and O–H groups in total. The van der Waals surface area contributed by atoms with E-state index in [-0.39, 0.29) is 11.8 Å². The molecule has 2 aliphatic heterocycles. The minimum absolute atomic E-state index is 0.0805. The molecule has 0 atom stereocenters. The van der Waals surface area contributed by atoms with E-state index in [0.717, 1.165) is 24.5 Å². The molecule has 2 aliphatic rings. The first kappa shape index (κ1) is 19.6. The van der Waals surface area contributed by atoms with E-state index in [4.69, 9.17) is 4.74 Å². The number of para-hydroxylation sites is 1. The molecule has 0 unspecified atom stereocenters. The summed E-state index contributed by atoms with van der Waals surface area (Å²) in [6.45, 7) is 7.53. The van der Waals surface area contributed by atoms with Crippen molar-refractivity contribution >= 4 is 11.8 Å². The number of rotatable bonds is 4. The first-order valence-corrected chi connectivity index (χ1v) is 10.1. The molecule has 4 rings (SSSR count). The van der Waals surface area contributed by atoms with Crippen molar-refractivity contribution in [1.82, 2.24) is 24.5 Å². The lowest BCUT2D eigenvalue weighted by Gasteiger charge is -2.36. The van der Waals surface area contributed by atoms with Crippen LogP contribution in [0.15, 0.2) is 36.4 Å². The predicted molar refractivity (Wildman–Crippen MR) is 108 cm³/mol. The zero-order valence-electron chi connectivity index (χ0n) is 16.8. The number of amides is 2. The second-order valence-corrected chi connectivity index (χ2v) is 7.48. The molecule has 2 saturated heterocycles. The summed E-state index contributed by atoms with van der Waals surface area (Å²) in [6, 6.07) is 11.6. The van der Waals surface area contributed by atoms with Gasteiger partial charge < -0.3 is 14.5 Å². The maximum Gasteiger partial charge on any atom is 0.274 e. The van der Waals surface area contributed by atoms with Gasteiger partial charge in [-0.1, -0.05) is 18.2 Å². The molecule has 29 heavy (non-hydrogen) atoms. The summed E-state index contributed by atoms with van der Waals surface area (Å²) in [5.74, 6) is 0.0475. The van der Waals surface area contributed by atoms with Crippen LogP contribution < -0.4 is 0 Å². The van der Waals surface area contributed by atoms with Crippen molar-refractivity contribution in [2.45, 2.75) is 6.92 Å². The van der Waals surface area contributed by atoms with E-state index in [1.807, 2.05) is 48.2 Å². The van der Waals surface area contributed by atoms with E-state index >= 15 is 0 Å². The van der Waals surface area contributed by atoms with Gasteiger partial charge in [-0.25, -0.2) is 4.68 Å². The Morgan fingerprint density at radius 1 is 0.966 bits per heavy atom. The van der Waals surface area contributed by atoms with Crippen LogP contribution in [0.5, 0.6) is 0 Å². The molecule has 0 radical (unpaired) electrons. The molecule has 1 aromatic heterocycles. The molecule has 2 aromatic rings. The van der Waals surface area contributed by atoms with Gasteiger partial charge in [-0.2, -0.15) is 5.10 Å². The van der Waals surface area contributed by atoms with Crippen molar-refractivity contribution in [3.63, 3.8) is 0 Å². The van der Waals surface area contributed by atoms with Crippen LogP contribution in [0, 0.1) is 6.92 Å². The van der Waals surface area contributed by atoms with Crippen LogP contribution >= 0.6 is 0 Å². The van der Waals surface area contributed by atoms with Crippen molar-refractivity contribution in [1.29, 1.82) is 0 Å². The third-order valence-electron chi connectivity index (χ3n) is 5.49. The van der Waals surface area contributed by atoms with Crippen molar-refractivity contribution in [3.8, 4) is 5.69 Å². The molecule has 8 nitrogen and oxygen atoms in total. The molecule has 3 heterocycles. The second kappa shape index (κ2) is 8.75. The molecular formula is C21H27N5O3. The van der Waals surface area contributed by atoms with Crippen molar-refractivity contribution < 1.29 is 14.3 Å². The topological polar surface area (TPSA) is 70.9 Å². The van der Waals surface area contributed by atoms with Gasteiger partial charge in [0, 0.05) is 45.0 Å². The number of carbonyl (C=O) groups excluding carboxylic acids is 2. The Labute approximate surface area is 170 Å². The fraction of sp³-hybridized carbons (Fsp3) is 0.476. The molecule has 8 heteroatoms. The number of hydrogen-bond acceptors (Lipinski definition) is 5. The van der Waals surface area contributed by atoms with E-state index in [0.29, 0.717) is 51.6 Å². The van der Waals surface area contributed by atoms with Crippen LogP contribution in [0.25, 0.3) is 5.69 Å². The Morgan fingerprint density at radius 3 is 2.31 bits per heavy atom. The van der Waals surface area contributed by atoms with E-state index in [2.05, 4.69) is 10.00 Å². The highest BCUT2D eigenvalue weighted by Crippen LogP contribution is 2.14. The molecule has 0 bridgehead atoms. The van der Waals surface area contributed by atoms with Gasteiger partial charge in [0.25, 0.3) is 5.91 Å². The Morgan fingerprint density at radius 2 is 1.62 bits per heavy atom. The SMILES string of the molecule is Cc1cc(C(=O)N2CCN(C(=O)CN3CCOCC3)CC2)nn1-c1ccccc1. The molecule has 0 spiro atoms. The number of aromatic nitrogens is 2. The average Bonchev–Trinajstić information content (AvgIpc) is 3.16. The van der Waals surface area contributed by atoms with Gasteiger partial charge >= 0.3 is 0 Å². The smallest absolute Gasteiger partial charge is 0.274 e. The van der Waals surface area contributed by atoms with Crippen molar-refractivity contribution in [2.24, 2.45) is 0 Å². The van der Waals surface area contributed by atoms with E-state index < -0.39 is 0 Å². The van der Waals surface area contributed by atoms with Crippen LogP contribution in [-0.2, 0) is 9.53 Å². The Bertz CT molecular complexity index is 852. The fourth-order valence-electron chi connectivity index (χ4n) is 3.78. The quantitative estimate of drug-likeness (QED) is 0.763. The minimum atomic E-state index is -0.0805. The Balaban J connectivity index is 1.34. The summed E-state index contributed by atoms with van der Waals surface area (Å²) in [7, 11) is 0. The second-order valence-electron chi connectivity index (χ2n) is 7.48. The summed E-state index contributed by atoms with van der Waals surface area (Å²) < 4.78 is 7.12. The largest absolute Gasteiger partial charge is 0.379 e. The van der Waals surface area contributed by atoms with Crippen LogP contribution in [-0.4, -0.2) is 95.3 Å². The number of ether oxygens (including phenoxy) is 1. The Kier molecular flexibility index (Phi) is 5.92. The van der Waals surface area contributed by atoms with Gasteiger partial charge in [0.05, 0.1) is 25.4 Å². The number of carbonyl (C=O) groups is 2. The van der Waals surface area contributed by atoms with E-state index in [9.17, 15) is 9.59 Å². The molecule has 2 amide bonds. The van der Waals surface area contributed by atoms with Crippen LogP contribution in [0.1, 0.15) is 16.2 Å². The van der Waals surface area contributed by atoms with Crippen LogP contribution in [0.3, 0.4) is 0 Å². The lowest BCUT2D eigenvalue weighted by atomic mass is 10.2. The summed E-state index contributed by atoms with van der Waals surface area (Å²) >= 11 is 0. The predicted octanol–water partition coefficient (Wildman–Crippen LogP) is 0.797. The normalized spacial score (nSPS) is 18.1. The average molecular weight is 397 g/mol. The number of hydrogen-bond donors (Lipinski definition) is 0. The Hall–Kier alpha value is -2.71. The first-order valence-electron chi connectivity index (χ1n) is 10.1. The molecule has 154 valence electrons. The van der Waals surface area contributed by atoms with Gasteiger partial charge in [-0.05, 0) is 25.1 Å². The van der Waals surface area contributed by atoms with Gasteiger partial charge in [0.15, 0.2) is 5.69 Å². The molecule has 1 aromatic carbocycles. The van der Waals surface area contributed by atoms with Gasteiger partial charge in [0.1, 0.15) is 0 Å². The summed E-state index contributed by atoms with van der Waals surface area (Å²) in [5.41, 5.74) is 2.29.